The van der Waals surface area contributed by atoms with E-state index in [-0.39, 0.29) is 5.69 Å². The molecule has 0 radical (unpaired) electrons. The maximum absolute atomic E-state index is 11.6. The monoisotopic (exact) mass is 335 g/mol. The summed E-state index contributed by atoms with van der Waals surface area (Å²) < 4.78 is 11.4. The molecule has 2 N–H and O–H groups in total. The molecule has 0 aromatic heterocycles. The van der Waals surface area contributed by atoms with Gasteiger partial charge < -0.3 is 15.2 Å². The minimum Gasteiger partial charge on any atom is -0.465 e. The Morgan fingerprint density at radius 3 is 2.60 bits per heavy atom. The van der Waals surface area contributed by atoms with Crippen molar-refractivity contribution in [3.8, 4) is 11.5 Å². The summed E-state index contributed by atoms with van der Waals surface area (Å²) >= 11 is 3.39. The van der Waals surface area contributed by atoms with Crippen molar-refractivity contribution in [2.75, 3.05) is 12.8 Å². The van der Waals surface area contributed by atoms with E-state index in [1.54, 1.807) is 18.2 Å². The zero-order valence-corrected chi connectivity index (χ0v) is 12.7. The van der Waals surface area contributed by atoms with Crippen molar-refractivity contribution in [1.82, 2.24) is 0 Å². The quantitative estimate of drug-likeness (QED) is 0.682. The maximum Gasteiger partial charge on any atom is 0.340 e. The fourth-order valence-electron chi connectivity index (χ4n) is 1.77. The first-order valence-electron chi connectivity index (χ1n) is 5.93. The number of anilines is 1. The van der Waals surface area contributed by atoms with Crippen LogP contribution in [0, 0.1) is 6.92 Å². The van der Waals surface area contributed by atoms with Gasteiger partial charge in [0, 0.05) is 4.47 Å². The SMILES string of the molecule is COC(=O)c1cccc(Oc2ccc(Br)cc2C)c1N. The van der Waals surface area contributed by atoms with E-state index in [0.29, 0.717) is 17.1 Å². The number of carbonyl (C=O) groups excluding carboxylic acids is 1. The predicted octanol–water partition coefficient (Wildman–Crippen LogP) is 3.92. The third kappa shape index (κ3) is 2.93. The summed E-state index contributed by atoms with van der Waals surface area (Å²) in [6.07, 6.45) is 0. The van der Waals surface area contributed by atoms with Crippen LogP contribution in [0.1, 0.15) is 15.9 Å². The van der Waals surface area contributed by atoms with Gasteiger partial charge in [0.15, 0.2) is 5.75 Å². The largest absolute Gasteiger partial charge is 0.465 e. The first-order chi connectivity index (χ1) is 9.52. The molecule has 0 saturated heterocycles. The molecule has 0 unspecified atom stereocenters. The highest BCUT2D eigenvalue weighted by molar-refractivity contribution is 9.10. The highest BCUT2D eigenvalue weighted by Gasteiger charge is 2.14. The lowest BCUT2D eigenvalue weighted by molar-refractivity contribution is 0.0601. The van der Waals surface area contributed by atoms with E-state index >= 15 is 0 Å². The molecule has 20 heavy (non-hydrogen) atoms. The Hall–Kier alpha value is -2.01. The standard InChI is InChI=1S/C15H14BrNO3/c1-9-8-10(16)6-7-12(9)20-13-5-3-4-11(14(13)17)15(18)19-2/h3-8H,17H2,1-2H3. The van der Waals surface area contributed by atoms with E-state index in [9.17, 15) is 4.79 Å². The van der Waals surface area contributed by atoms with E-state index in [4.69, 9.17) is 10.5 Å². The lowest BCUT2D eigenvalue weighted by Gasteiger charge is -2.13. The number of esters is 1. The Morgan fingerprint density at radius 1 is 1.20 bits per heavy atom. The van der Waals surface area contributed by atoms with Gasteiger partial charge in [-0.25, -0.2) is 4.79 Å². The van der Waals surface area contributed by atoms with Crippen LogP contribution in [0.4, 0.5) is 5.69 Å². The molecule has 5 heteroatoms. The number of nitrogen functional groups attached to an aromatic ring is 1. The smallest absolute Gasteiger partial charge is 0.340 e. The van der Waals surface area contributed by atoms with E-state index in [1.165, 1.54) is 7.11 Å². The second-order valence-corrected chi connectivity index (χ2v) is 5.14. The Morgan fingerprint density at radius 2 is 1.95 bits per heavy atom. The van der Waals surface area contributed by atoms with E-state index < -0.39 is 5.97 Å². The van der Waals surface area contributed by atoms with Gasteiger partial charge in [0.25, 0.3) is 0 Å². The van der Waals surface area contributed by atoms with Gasteiger partial charge in [-0.15, -0.1) is 0 Å². The molecule has 2 aromatic carbocycles. The molecule has 2 aromatic rings. The Bertz CT molecular complexity index is 656. The second kappa shape index (κ2) is 5.96. The minimum absolute atomic E-state index is 0.265. The van der Waals surface area contributed by atoms with Crippen molar-refractivity contribution >= 4 is 27.6 Å². The van der Waals surface area contributed by atoms with E-state index in [2.05, 4.69) is 20.7 Å². The summed E-state index contributed by atoms with van der Waals surface area (Å²) in [5.41, 5.74) is 7.47. The second-order valence-electron chi connectivity index (χ2n) is 4.22. The highest BCUT2D eigenvalue weighted by Crippen LogP contribution is 2.32. The molecule has 0 bridgehead atoms. The number of nitrogens with two attached hydrogens (primary N) is 1. The Labute approximate surface area is 125 Å². The summed E-state index contributed by atoms with van der Waals surface area (Å²) in [7, 11) is 1.31. The van der Waals surface area contributed by atoms with Crippen LogP contribution in [0.5, 0.6) is 11.5 Å². The number of carbonyl (C=O) groups is 1. The molecule has 0 atom stereocenters. The summed E-state index contributed by atoms with van der Waals surface area (Å²) in [6.45, 7) is 1.93. The van der Waals surface area contributed by atoms with Crippen molar-refractivity contribution in [3.63, 3.8) is 0 Å². The maximum atomic E-state index is 11.6. The average Bonchev–Trinajstić information content (AvgIpc) is 2.43. The molecule has 0 heterocycles. The van der Waals surface area contributed by atoms with Crippen molar-refractivity contribution < 1.29 is 14.3 Å². The molecular weight excluding hydrogens is 322 g/mol. The number of aryl methyl sites for hydroxylation is 1. The fraction of sp³-hybridized carbons (Fsp3) is 0.133. The molecule has 0 amide bonds. The number of methoxy groups -OCH3 is 1. The van der Waals surface area contributed by atoms with Gasteiger partial charge in [0.1, 0.15) is 5.75 Å². The predicted molar refractivity (Wildman–Crippen MR) is 81.1 cm³/mol. The van der Waals surface area contributed by atoms with Crippen LogP contribution in [0.3, 0.4) is 0 Å². The molecule has 4 nitrogen and oxygen atoms in total. The van der Waals surface area contributed by atoms with Gasteiger partial charge in [-0.1, -0.05) is 22.0 Å². The number of hydrogen-bond donors (Lipinski definition) is 1. The van der Waals surface area contributed by atoms with Gasteiger partial charge in [-0.3, -0.25) is 0 Å². The minimum atomic E-state index is -0.486. The van der Waals surface area contributed by atoms with Gasteiger partial charge in [0.05, 0.1) is 18.4 Å². The lowest BCUT2D eigenvalue weighted by Crippen LogP contribution is -2.06. The molecule has 0 spiro atoms. The van der Waals surface area contributed by atoms with Crippen LogP contribution in [0.25, 0.3) is 0 Å². The van der Waals surface area contributed by atoms with Crippen molar-refractivity contribution in [2.45, 2.75) is 6.92 Å². The van der Waals surface area contributed by atoms with Crippen LogP contribution >= 0.6 is 15.9 Å². The molecule has 0 fully saturated rings. The van der Waals surface area contributed by atoms with Crippen LogP contribution in [-0.4, -0.2) is 13.1 Å². The molecule has 0 aliphatic carbocycles. The Balaban J connectivity index is 2.37. The van der Waals surface area contributed by atoms with Crippen molar-refractivity contribution in [3.05, 3.63) is 52.0 Å². The molecule has 0 aliphatic heterocycles. The average molecular weight is 336 g/mol. The normalized spacial score (nSPS) is 10.2. The molecule has 0 aliphatic rings. The number of para-hydroxylation sites is 1. The first kappa shape index (κ1) is 14.4. The summed E-state index contributed by atoms with van der Waals surface area (Å²) in [5.74, 6) is 0.626. The number of halogens is 1. The lowest BCUT2D eigenvalue weighted by atomic mass is 10.1. The summed E-state index contributed by atoms with van der Waals surface area (Å²) in [6, 6.07) is 10.7. The van der Waals surface area contributed by atoms with Crippen LogP contribution in [0.2, 0.25) is 0 Å². The summed E-state index contributed by atoms with van der Waals surface area (Å²) in [4.78, 5) is 11.6. The molecular formula is C15H14BrNO3. The summed E-state index contributed by atoms with van der Waals surface area (Å²) in [5, 5.41) is 0. The van der Waals surface area contributed by atoms with Gasteiger partial charge in [0.2, 0.25) is 0 Å². The van der Waals surface area contributed by atoms with Gasteiger partial charge in [-0.2, -0.15) is 0 Å². The zero-order valence-electron chi connectivity index (χ0n) is 11.1. The topological polar surface area (TPSA) is 61.5 Å². The first-order valence-corrected chi connectivity index (χ1v) is 6.73. The molecule has 0 saturated carbocycles. The molecule has 2 rings (SSSR count). The highest BCUT2D eigenvalue weighted by atomic mass is 79.9. The van der Waals surface area contributed by atoms with Crippen molar-refractivity contribution in [1.29, 1.82) is 0 Å². The zero-order chi connectivity index (χ0) is 14.7. The third-order valence-corrected chi connectivity index (χ3v) is 3.32. The number of ether oxygens (including phenoxy) is 2. The van der Waals surface area contributed by atoms with E-state index in [0.717, 1.165) is 10.0 Å². The fourth-order valence-corrected chi connectivity index (χ4v) is 2.24. The van der Waals surface area contributed by atoms with E-state index in [1.807, 2.05) is 25.1 Å². The number of benzene rings is 2. The third-order valence-electron chi connectivity index (χ3n) is 2.83. The van der Waals surface area contributed by atoms with Gasteiger partial charge in [-0.05, 0) is 42.8 Å². The number of hydrogen-bond acceptors (Lipinski definition) is 4. The van der Waals surface area contributed by atoms with Crippen LogP contribution < -0.4 is 10.5 Å². The molecule has 104 valence electrons. The van der Waals surface area contributed by atoms with Crippen molar-refractivity contribution in [2.24, 2.45) is 0 Å². The van der Waals surface area contributed by atoms with Crippen LogP contribution in [0.15, 0.2) is 40.9 Å². The van der Waals surface area contributed by atoms with Crippen LogP contribution in [-0.2, 0) is 4.74 Å². The number of rotatable bonds is 3. The Kier molecular flexibility index (Phi) is 4.29. The van der Waals surface area contributed by atoms with Gasteiger partial charge >= 0.3 is 5.97 Å².